The van der Waals surface area contributed by atoms with E-state index in [4.69, 9.17) is 10.8 Å². The average Bonchev–Trinajstić information content (AvgIpc) is 1.82. The molecule has 5 nitrogen and oxygen atoms in total. The zero-order valence-corrected chi connectivity index (χ0v) is 6.69. The molecule has 1 rings (SSSR count). The molecule has 0 aromatic rings. The molecule has 1 aliphatic heterocycles. The van der Waals surface area contributed by atoms with Gasteiger partial charge >= 0.3 is 5.97 Å². The molecule has 0 aromatic carbocycles. The van der Waals surface area contributed by atoms with Crippen LogP contribution in [0.25, 0.3) is 0 Å². The van der Waals surface area contributed by atoms with Gasteiger partial charge in [-0.2, -0.15) is 0 Å². The normalized spacial score (nSPS) is 18.2. The van der Waals surface area contributed by atoms with E-state index in [-0.39, 0.29) is 12.3 Å². The number of carboxylic acids is 1. The van der Waals surface area contributed by atoms with Crippen molar-refractivity contribution in [3.05, 3.63) is 0 Å². The minimum absolute atomic E-state index is 0.0880. The van der Waals surface area contributed by atoms with Crippen molar-refractivity contribution in [3.8, 4) is 0 Å². The first-order chi connectivity index (χ1) is 5.61. The van der Waals surface area contributed by atoms with Gasteiger partial charge in [0.15, 0.2) is 0 Å². The quantitative estimate of drug-likeness (QED) is 0.573. The number of carbonyl (C=O) groups is 2. The molecule has 5 heteroatoms. The summed E-state index contributed by atoms with van der Waals surface area (Å²) < 4.78 is 0. The van der Waals surface area contributed by atoms with Gasteiger partial charge in [-0.25, -0.2) is 0 Å². The van der Waals surface area contributed by atoms with Gasteiger partial charge in [-0.05, 0) is 6.42 Å². The van der Waals surface area contributed by atoms with E-state index in [0.29, 0.717) is 0 Å². The summed E-state index contributed by atoms with van der Waals surface area (Å²) in [5.74, 6) is -1.28. The molecule has 1 saturated heterocycles. The topological polar surface area (TPSA) is 83.6 Å². The summed E-state index contributed by atoms with van der Waals surface area (Å²) in [6, 6.07) is -1.06. The van der Waals surface area contributed by atoms with Gasteiger partial charge in [-0.15, -0.1) is 0 Å². The monoisotopic (exact) mass is 172 g/mol. The van der Waals surface area contributed by atoms with Gasteiger partial charge in [0.2, 0.25) is 5.91 Å². The van der Waals surface area contributed by atoms with Crippen LogP contribution in [0.15, 0.2) is 0 Å². The minimum atomic E-state index is -1.12. The lowest BCUT2D eigenvalue weighted by atomic mass is 10.1. The Labute approximate surface area is 70.1 Å². The fraction of sp³-hybridized carbons (Fsp3) is 0.714. The first kappa shape index (κ1) is 8.99. The molecule has 0 saturated carbocycles. The second kappa shape index (κ2) is 3.53. The molecule has 1 fully saturated rings. The number of nitrogens with zero attached hydrogens (tertiary/aromatic N) is 1. The molecule has 0 radical (unpaired) electrons. The first-order valence-electron chi connectivity index (χ1n) is 3.87. The Hall–Kier alpha value is -1.10. The predicted octanol–water partition coefficient (Wildman–Crippen LogP) is -0.979. The number of carbonyl (C=O) groups excluding carboxylic acids is 1. The van der Waals surface area contributed by atoms with E-state index in [2.05, 4.69) is 0 Å². The number of rotatable bonds is 3. The molecule has 12 heavy (non-hydrogen) atoms. The highest BCUT2D eigenvalue weighted by Crippen LogP contribution is 2.08. The van der Waals surface area contributed by atoms with E-state index in [1.807, 2.05) is 0 Å². The van der Waals surface area contributed by atoms with E-state index in [0.717, 1.165) is 19.5 Å². The highest BCUT2D eigenvalue weighted by atomic mass is 16.4. The first-order valence-corrected chi connectivity index (χ1v) is 3.87. The van der Waals surface area contributed by atoms with Crippen LogP contribution in [-0.2, 0) is 9.59 Å². The summed E-state index contributed by atoms with van der Waals surface area (Å²) in [4.78, 5) is 23.0. The number of hydrogen-bond donors (Lipinski definition) is 2. The third kappa shape index (κ3) is 1.94. The van der Waals surface area contributed by atoms with Gasteiger partial charge in [0.25, 0.3) is 0 Å². The van der Waals surface area contributed by atoms with Crippen LogP contribution in [0.4, 0.5) is 0 Å². The van der Waals surface area contributed by atoms with Crippen molar-refractivity contribution in [1.29, 1.82) is 0 Å². The standard InChI is InChI=1S/C7H12N2O3/c8-5(7(11)12)4-6(10)9-2-1-3-9/h5H,1-4,8H2,(H,11,12). The van der Waals surface area contributed by atoms with Crippen LogP contribution >= 0.6 is 0 Å². The summed E-state index contributed by atoms with van der Waals surface area (Å²) in [6.45, 7) is 1.48. The lowest BCUT2D eigenvalue weighted by Crippen LogP contribution is -2.45. The zero-order valence-electron chi connectivity index (χ0n) is 6.69. The van der Waals surface area contributed by atoms with Gasteiger partial charge < -0.3 is 15.7 Å². The lowest BCUT2D eigenvalue weighted by molar-refractivity contribution is -0.143. The van der Waals surface area contributed by atoms with Crippen LogP contribution in [-0.4, -0.2) is 41.0 Å². The highest BCUT2D eigenvalue weighted by Gasteiger charge is 2.24. The van der Waals surface area contributed by atoms with Crippen molar-refractivity contribution in [2.24, 2.45) is 5.73 Å². The summed E-state index contributed by atoms with van der Waals surface area (Å²) >= 11 is 0. The smallest absolute Gasteiger partial charge is 0.321 e. The third-order valence-electron chi connectivity index (χ3n) is 1.92. The minimum Gasteiger partial charge on any atom is -0.480 e. The summed E-state index contributed by atoms with van der Waals surface area (Å²) in [7, 11) is 0. The van der Waals surface area contributed by atoms with Crippen molar-refractivity contribution in [3.63, 3.8) is 0 Å². The third-order valence-corrected chi connectivity index (χ3v) is 1.92. The Bertz CT molecular complexity index is 201. The molecule has 1 atom stereocenters. The molecular weight excluding hydrogens is 160 g/mol. The maximum absolute atomic E-state index is 11.1. The molecule has 68 valence electrons. The van der Waals surface area contributed by atoms with E-state index < -0.39 is 12.0 Å². The molecular formula is C7H12N2O3. The van der Waals surface area contributed by atoms with Crippen molar-refractivity contribution >= 4 is 11.9 Å². The second-order valence-corrected chi connectivity index (χ2v) is 2.88. The largest absolute Gasteiger partial charge is 0.480 e. The van der Waals surface area contributed by atoms with Gasteiger partial charge in [0.1, 0.15) is 6.04 Å². The van der Waals surface area contributed by atoms with Crippen molar-refractivity contribution in [2.45, 2.75) is 18.9 Å². The Kier molecular flexibility index (Phi) is 2.65. The zero-order chi connectivity index (χ0) is 9.14. The van der Waals surface area contributed by atoms with Crippen LogP contribution in [0.1, 0.15) is 12.8 Å². The maximum Gasteiger partial charge on any atom is 0.321 e. The Balaban J connectivity index is 2.29. The summed E-state index contributed by atoms with van der Waals surface area (Å²) in [5.41, 5.74) is 5.19. The van der Waals surface area contributed by atoms with Crippen LogP contribution in [0.5, 0.6) is 0 Å². The molecule has 0 aromatic heterocycles. The molecule has 1 unspecified atom stereocenters. The van der Waals surface area contributed by atoms with Crippen LogP contribution < -0.4 is 5.73 Å². The number of amides is 1. The number of likely N-dealkylation sites (tertiary alicyclic amines) is 1. The lowest BCUT2D eigenvalue weighted by Gasteiger charge is -2.31. The number of carboxylic acid groups (broad SMARTS) is 1. The molecule has 1 heterocycles. The van der Waals surface area contributed by atoms with Gasteiger partial charge in [-0.3, -0.25) is 9.59 Å². The highest BCUT2D eigenvalue weighted by molar-refractivity contribution is 5.84. The van der Waals surface area contributed by atoms with Crippen LogP contribution in [0.3, 0.4) is 0 Å². The average molecular weight is 172 g/mol. The number of hydrogen-bond acceptors (Lipinski definition) is 3. The van der Waals surface area contributed by atoms with E-state index in [1.54, 1.807) is 4.90 Å². The van der Waals surface area contributed by atoms with Crippen molar-refractivity contribution in [2.75, 3.05) is 13.1 Å². The molecule has 0 spiro atoms. The number of nitrogens with two attached hydrogens (primary N) is 1. The molecule has 0 bridgehead atoms. The van der Waals surface area contributed by atoms with Gasteiger partial charge in [-0.1, -0.05) is 0 Å². The Morgan fingerprint density at radius 2 is 2.08 bits per heavy atom. The SMILES string of the molecule is NC(CC(=O)N1CCC1)C(=O)O. The molecule has 1 amide bonds. The molecule has 3 N–H and O–H groups in total. The number of aliphatic carboxylic acids is 1. The van der Waals surface area contributed by atoms with E-state index in [9.17, 15) is 9.59 Å². The van der Waals surface area contributed by atoms with E-state index in [1.165, 1.54) is 0 Å². The van der Waals surface area contributed by atoms with E-state index >= 15 is 0 Å². The summed E-state index contributed by atoms with van der Waals surface area (Å²) in [6.07, 6.45) is 0.920. The summed E-state index contributed by atoms with van der Waals surface area (Å²) in [5, 5.41) is 8.41. The van der Waals surface area contributed by atoms with Gasteiger partial charge in [0.05, 0.1) is 6.42 Å². The second-order valence-electron chi connectivity index (χ2n) is 2.88. The Morgan fingerprint density at radius 3 is 2.42 bits per heavy atom. The van der Waals surface area contributed by atoms with Crippen LogP contribution in [0, 0.1) is 0 Å². The van der Waals surface area contributed by atoms with Gasteiger partial charge in [0, 0.05) is 13.1 Å². The fourth-order valence-electron chi connectivity index (χ4n) is 0.970. The van der Waals surface area contributed by atoms with Crippen LogP contribution in [0.2, 0.25) is 0 Å². The fourth-order valence-corrected chi connectivity index (χ4v) is 0.970. The Morgan fingerprint density at radius 1 is 1.50 bits per heavy atom. The van der Waals surface area contributed by atoms with Crippen molar-refractivity contribution < 1.29 is 14.7 Å². The maximum atomic E-state index is 11.1. The molecule has 0 aliphatic carbocycles. The molecule has 1 aliphatic rings. The van der Waals surface area contributed by atoms with Crippen molar-refractivity contribution in [1.82, 2.24) is 4.90 Å². The predicted molar refractivity (Wildman–Crippen MR) is 41.4 cm³/mol.